The van der Waals surface area contributed by atoms with Crippen LogP contribution < -0.4 is 5.32 Å². The second-order valence-electron chi connectivity index (χ2n) is 3.15. The van der Waals surface area contributed by atoms with E-state index in [4.69, 9.17) is 5.26 Å². The third kappa shape index (κ3) is 2.57. The zero-order valence-corrected chi connectivity index (χ0v) is 10.1. The first-order valence-electron chi connectivity index (χ1n) is 4.64. The minimum Gasteiger partial charge on any atom is -0.335 e. The molecule has 2 rings (SSSR count). The van der Waals surface area contributed by atoms with Gasteiger partial charge >= 0.3 is 0 Å². The summed E-state index contributed by atoms with van der Waals surface area (Å²) in [6, 6.07) is 8.02. The van der Waals surface area contributed by atoms with Crippen LogP contribution in [0.25, 0.3) is 0 Å². The first kappa shape index (κ1) is 11.5. The van der Waals surface area contributed by atoms with E-state index in [1.165, 1.54) is 18.3 Å². The molecule has 0 atom stereocenters. The Morgan fingerprint density at radius 3 is 2.88 bits per heavy atom. The van der Waals surface area contributed by atoms with Crippen LogP contribution in [0.1, 0.15) is 5.56 Å². The van der Waals surface area contributed by atoms with E-state index >= 15 is 0 Å². The first-order chi connectivity index (χ1) is 8.20. The number of nitrogens with one attached hydrogen (secondary N) is 1. The van der Waals surface area contributed by atoms with Gasteiger partial charge in [-0.25, -0.2) is 4.39 Å². The number of benzene rings is 1. The van der Waals surface area contributed by atoms with Crippen LogP contribution in [0.15, 0.2) is 34.9 Å². The molecule has 0 unspecified atom stereocenters. The van der Waals surface area contributed by atoms with E-state index in [-0.39, 0.29) is 11.5 Å². The number of rotatable bonds is 2. The van der Waals surface area contributed by atoms with Crippen LogP contribution in [-0.2, 0) is 0 Å². The number of anilines is 2. The number of halogens is 2. The lowest BCUT2D eigenvalue weighted by Crippen LogP contribution is -2.00. The average Bonchev–Trinajstić information content (AvgIpc) is 2.33. The molecule has 0 radical (unpaired) electrons. The summed E-state index contributed by atoms with van der Waals surface area (Å²) in [4.78, 5) is 0. The Morgan fingerprint density at radius 1 is 1.35 bits per heavy atom. The van der Waals surface area contributed by atoms with E-state index in [2.05, 4.69) is 31.4 Å². The van der Waals surface area contributed by atoms with E-state index in [9.17, 15) is 4.39 Å². The highest BCUT2D eigenvalue weighted by atomic mass is 79.9. The van der Waals surface area contributed by atoms with Crippen LogP contribution in [0.3, 0.4) is 0 Å². The van der Waals surface area contributed by atoms with Gasteiger partial charge in [0.2, 0.25) is 0 Å². The number of aromatic nitrogens is 2. The maximum absolute atomic E-state index is 13.5. The fourth-order valence-electron chi connectivity index (χ4n) is 1.23. The van der Waals surface area contributed by atoms with Crippen molar-refractivity contribution in [2.24, 2.45) is 0 Å². The Labute approximate surface area is 105 Å². The van der Waals surface area contributed by atoms with Crippen LogP contribution in [0.4, 0.5) is 15.9 Å². The maximum Gasteiger partial charge on any atom is 0.171 e. The maximum atomic E-state index is 13.5. The monoisotopic (exact) mass is 292 g/mol. The Hall–Kier alpha value is -2.00. The molecule has 6 heteroatoms. The molecule has 0 bridgehead atoms. The summed E-state index contributed by atoms with van der Waals surface area (Å²) in [6.07, 6.45) is 1.40. The average molecular weight is 293 g/mol. The summed E-state index contributed by atoms with van der Waals surface area (Å²) in [7, 11) is 0. The Balaban J connectivity index is 2.35. The van der Waals surface area contributed by atoms with Crippen molar-refractivity contribution in [2.45, 2.75) is 0 Å². The SMILES string of the molecule is N#Cc1ccnnc1Nc1ccc(Br)cc1F. The molecule has 0 saturated heterocycles. The van der Waals surface area contributed by atoms with Crippen molar-refractivity contribution < 1.29 is 4.39 Å². The Kier molecular flexibility index (Phi) is 3.30. The minimum atomic E-state index is -0.436. The zero-order valence-electron chi connectivity index (χ0n) is 8.48. The summed E-state index contributed by atoms with van der Waals surface area (Å²) < 4.78 is 14.2. The molecule has 0 saturated carbocycles. The lowest BCUT2D eigenvalue weighted by atomic mass is 10.2. The second-order valence-corrected chi connectivity index (χ2v) is 4.07. The standard InChI is InChI=1S/C11H6BrFN4/c12-8-1-2-10(9(13)5-8)16-11-7(6-14)3-4-15-17-11/h1-5H,(H,16,17). The van der Waals surface area contributed by atoms with Crippen LogP contribution in [0, 0.1) is 17.1 Å². The Bertz CT molecular complexity index is 594. The molecule has 4 nitrogen and oxygen atoms in total. The van der Waals surface area contributed by atoms with Gasteiger partial charge in [-0.2, -0.15) is 10.4 Å². The van der Waals surface area contributed by atoms with Crippen LogP contribution in [0.2, 0.25) is 0 Å². The van der Waals surface area contributed by atoms with Crippen molar-refractivity contribution in [3.8, 4) is 6.07 Å². The van der Waals surface area contributed by atoms with E-state index in [0.717, 1.165) is 0 Å². The summed E-state index contributed by atoms with van der Waals surface area (Å²) in [5.74, 6) is -0.204. The summed E-state index contributed by atoms with van der Waals surface area (Å²) >= 11 is 3.16. The number of nitriles is 1. The van der Waals surface area contributed by atoms with Gasteiger partial charge in [-0.15, -0.1) is 5.10 Å². The molecule has 1 aromatic heterocycles. The van der Waals surface area contributed by atoms with Gasteiger partial charge in [0.1, 0.15) is 11.9 Å². The molecule has 0 aliphatic heterocycles. The first-order valence-corrected chi connectivity index (χ1v) is 5.44. The molecule has 0 spiro atoms. The highest BCUT2D eigenvalue weighted by molar-refractivity contribution is 9.10. The second kappa shape index (κ2) is 4.89. The quantitative estimate of drug-likeness (QED) is 0.924. The van der Waals surface area contributed by atoms with Crippen LogP contribution >= 0.6 is 15.9 Å². The van der Waals surface area contributed by atoms with Gasteiger partial charge in [-0.05, 0) is 24.3 Å². The van der Waals surface area contributed by atoms with Gasteiger partial charge < -0.3 is 5.32 Å². The van der Waals surface area contributed by atoms with Crippen molar-refractivity contribution in [3.05, 3.63) is 46.3 Å². The molecular weight excluding hydrogens is 287 g/mol. The lowest BCUT2D eigenvalue weighted by Gasteiger charge is -2.07. The van der Waals surface area contributed by atoms with E-state index in [1.807, 2.05) is 6.07 Å². The summed E-state index contributed by atoms with van der Waals surface area (Å²) in [6.45, 7) is 0. The fraction of sp³-hybridized carbons (Fsp3) is 0. The molecule has 1 heterocycles. The largest absolute Gasteiger partial charge is 0.335 e. The van der Waals surface area contributed by atoms with Crippen molar-refractivity contribution >= 4 is 27.4 Å². The van der Waals surface area contributed by atoms with Crippen LogP contribution in [-0.4, -0.2) is 10.2 Å². The van der Waals surface area contributed by atoms with Gasteiger partial charge in [-0.3, -0.25) is 0 Å². The topological polar surface area (TPSA) is 61.6 Å². The van der Waals surface area contributed by atoms with Gasteiger partial charge in [0.15, 0.2) is 5.82 Å². The molecule has 84 valence electrons. The van der Waals surface area contributed by atoms with Crippen molar-refractivity contribution in [1.82, 2.24) is 10.2 Å². The van der Waals surface area contributed by atoms with Crippen molar-refractivity contribution in [2.75, 3.05) is 5.32 Å². The zero-order chi connectivity index (χ0) is 12.3. The summed E-state index contributed by atoms with van der Waals surface area (Å²) in [5, 5.41) is 19.0. The van der Waals surface area contributed by atoms with E-state index in [1.54, 1.807) is 12.1 Å². The highest BCUT2D eigenvalue weighted by Gasteiger charge is 2.07. The third-order valence-corrected chi connectivity index (χ3v) is 2.52. The number of hydrogen-bond donors (Lipinski definition) is 1. The molecule has 0 aliphatic rings. The summed E-state index contributed by atoms with van der Waals surface area (Å²) in [5.41, 5.74) is 0.549. The normalized spacial score (nSPS) is 9.71. The highest BCUT2D eigenvalue weighted by Crippen LogP contribution is 2.23. The van der Waals surface area contributed by atoms with Gasteiger partial charge in [0.25, 0.3) is 0 Å². The van der Waals surface area contributed by atoms with Crippen LogP contribution in [0.5, 0.6) is 0 Å². The van der Waals surface area contributed by atoms with E-state index < -0.39 is 5.82 Å². The van der Waals surface area contributed by atoms with Gasteiger partial charge in [-0.1, -0.05) is 15.9 Å². The predicted octanol–water partition coefficient (Wildman–Crippen LogP) is 2.99. The molecule has 0 fully saturated rings. The van der Waals surface area contributed by atoms with Crippen molar-refractivity contribution in [3.63, 3.8) is 0 Å². The fourth-order valence-corrected chi connectivity index (χ4v) is 1.57. The smallest absolute Gasteiger partial charge is 0.171 e. The molecule has 17 heavy (non-hydrogen) atoms. The van der Waals surface area contributed by atoms with Crippen molar-refractivity contribution in [1.29, 1.82) is 5.26 Å². The number of nitrogens with zero attached hydrogens (tertiary/aromatic N) is 3. The molecule has 2 aromatic rings. The van der Waals surface area contributed by atoms with E-state index in [0.29, 0.717) is 10.0 Å². The molecule has 1 aromatic carbocycles. The molecule has 0 amide bonds. The lowest BCUT2D eigenvalue weighted by molar-refractivity contribution is 0.631. The Morgan fingerprint density at radius 2 is 2.18 bits per heavy atom. The molecule has 0 aliphatic carbocycles. The van der Waals surface area contributed by atoms with Gasteiger partial charge in [0.05, 0.1) is 17.4 Å². The third-order valence-electron chi connectivity index (χ3n) is 2.03. The molecule has 1 N–H and O–H groups in total. The predicted molar refractivity (Wildman–Crippen MR) is 64.1 cm³/mol. The van der Waals surface area contributed by atoms with Gasteiger partial charge in [0, 0.05) is 4.47 Å². The minimum absolute atomic E-state index is 0.233. The molecular formula is C11H6BrFN4. The number of hydrogen-bond acceptors (Lipinski definition) is 4.